The largest absolute Gasteiger partial charge is 0.380 e. The fraction of sp³-hybridized carbons (Fsp3) is 1.00. The van der Waals surface area contributed by atoms with E-state index in [0.29, 0.717) is 32.7 Å². The lowest BCUT2D eigenvalue weighted by molar-refractivity contribution is 0.0977. The lowest BCUT2D eigenvalue weighted by atomic mass is 10.2. The lowest BCUT2D eigenvalue weighted by Crippen LogP contribution is -2.42. The van der Waals surface area contributed by atoms with Crippen molar-refractivity contribution in [2.45, 2.75) is 18.1 Å². The Hall–Kier alpha value is 0.120. The minimum absolute atomic E-state index is 0. The number of sulfonamides is 1. The van der Waals surface area contributed by atoms with Crippen molar-refractivity contribution in [3.63, 3.8) is 0 Å². The van der Waals surface area contributed by atoms with Crippen molar-refractivity contribution in [3.8, 4) is 0 Å². The van der Waals surface area contributed by atoms with Crippen molar-refractivity contribution in [1.29, 1.82) is 0 Å². The SMILES string of the molecule is CNCCN(C)S(=O)(=O)C1CCCOC1.Cl. The van der Waals surface area contributed by atoms with E-state index in [4.69, 9.17) is 4.74 Å². The van der Waals surface area contributed by atoms with Gasteiger partial charge in [-0.05, 0) is 19.9 Å². The molecule has 1 rings (SSSR count). The van der Waals surface area contributed by atoms with E-state index in [0.717, 1.165) is 6.42 Å². The molecule has 0 bridgehead atoms. The first-order valence-electron chi connectivity index (χ1n) is 5.26. The molecule has 0 aliphatic carbocycles. The second-order valence-electron chi connectivity index (χ2n) is 3.81. The number of nitrogens with one attached hydrogen (secondary N) is 1. The van der Waals surface area contributed by atoms with Crippen LogP contribution in [0.25, 0.3) is 0 Å². The summed E-state index contributed by atoms with van der Waals surface area (Å²) < 4.78 is 30.6. The van der Waals surface area contributed by atoms with Gasteiger partial charge < -0.3 is 10.1 Å². The Morgan fingerprint density at radius 1 is 1.50 bits per heavy atom. The van der Waals surface area contributed by atoms with Gasteiger partial charge in [0.1, 0.15) is 0 Å². The molecule has 0 amide bonds. The zero-order valence-corrected chi connectivity index (χ0v) is 11.4. The van der Waals surface area contributed by atoms with Crippen LogP contribution in [-0.2, 0) is 14.8 Å². The van der Waals surface area contributed by atoms with Gasteiger partial charge in [0, 0.05) is 26.7 Å². The quantitative estimate of drug-likeness (QED) is 0.769. The normalized spacial score (nSPS) is 21.8. The summed E-state index contributed by atoms with van der Waals surface area (Å²) in [5.74, 6) is 0. The molecule has 1 atom stereocenters. The van der Waals surface area contributed by atoms with E-state index < -0.39 is 10.0 Å². The van der Waals surface area contributed by atoms with Crippen LogP contribution in [0, 0.1) is 0 Å². The summed E-state index contributed by atoms with van der Waals surface area (Å²) in [5, 5.41) is 2.58. The van der Waals surface area contributed by atoms with Crippen molar-refractivity contribution < 1.29 is 13.2 Å². The Morgan fingerprint density at radius 2 is 2.19 bits per heavy atom. The van der Waals surface area contributed by atoms with Gasteiger partial charge in [-0.3, -0.25) is 0 Å². The molecule has 1 aliphatic rings. The number of ether oxygens (including phenoxy) is 1. The molecule has 7 heteroatoms. The molecule has 0 spiro atoms. The molecule has 0 aromatic rings. The van der Waals surface area contributed by atoms with Crippen LogP contribution in [0.3, 0.4) is 0 Å². The van der Waals surface area contributed by atoms with Crippen molar-refractivity contribution in [2.24, 2.45) is 0 Å². The molecule has 0 aromatic heterocycles. The first-order valence-corrected chi connectivity index (χ1v) is 6.77. The number of hydrogen-bond acceptors (Lipinski definition) is 4. The first kappa shape index (κ1) is 16.1. The third-order valence-electron chi connectivity index (χ3n) is 2.65. The number of hydrogen-bond donors (Lipinski definition) is 1. The maximum atomic E-state index is 12.0. The van der Waals surface area contributed by atoms with Crippen LogP contribution in [-0.4, -0.2) is 58.4 Å². The first-order chi connectivity index (χ1) is 7.09. The molecule has 1 saturated heterocycles. The average molecular weight is 273 g/mol. The Morgan fingerprint density at radius 3 is 2.69 bits per heavy atom. The topological polar surface area (TPSA) is 58.6 Å². The van der Waals surface area contributed by atoms with Gasteiger partial charge in [0.05, 0.1) is 11.9 Å². The van der Waals surface area contributed by atoms with Gasteiger partial charge in [-0.1, -0.05) is 0 Å². The van der Waals surface area contributed by atoms with E-state index in [1.165, 1.54) is 4.31 Å². The smallest absolute Gasteiger partial charge is 0.219 e. The number of rotatable bonds is 5. The summed E-state index contributed by atoms with van der Waals surface area (Å²) in [6.07, 6.45) is 1.55. The summed E-state index contributed by atoms with van der Waals surface area (Å²) in [6.45, 7) is 2.21. The van der Waals surface area contributed by atoms with Crippen molar-refractivity contribution in [1.82, 2.24) is 9.62 Å². The number of halogens is 1. The minimum Gasteiger partial charge on any atom is -0.380 e. The molecule has 1 fully saturated rings. The maximum Gasteiger partial charge on any atom is 0.219 e. The minimum atomic E-state index is -3.17. The molecular weight excluding hydrogens is 252 g/mol. The van der Waals surface area contributed by atoms with E-state index in [-0.39, 0.29) is 17.7 Å². The monoisotopic (exact) mass is 272 g/mol. The predicted octanol–water partition coefficient (Wildman–Crippen LogP) is 0.0682. The zero-order chi connectivity index (χ0) is 11.3. The summed E-state index contributed by atoms with van der Waals surface area (Å²) in [5.41, 5.74) is 0. The van der Waals surface area contributed by atoms with Crippen molar-refractivity contribution >= 4 is 22.4 Å². The third kappa shape index (κ3) is 4.18. The Balaban J connectivity index is 0.00000225. The second-order valence-corrected chi connectivity index (χ2v) is 6.13. The van der Waals surface area contributed by atoms with Crippen molar-refractivity contribution in [2.75, 3.05) is 40.4 Å². The predicted molar refractivity (Wildman–Crippen MR) is 66.6 cm³/mol. The molecule has 5 nitrogen and oxygen atoms in total. The van der Waals surface area contributed by atoms with E-state index in [1.807, 2.05) is 7.05 Å². The fourth-order valence-electron chi connectivity index (χ4n) is 1.60. The molecule has 0 saturated carbocycles. The molecule has 1 aliphatic heterocycles. The summed E-state index contributed by atoms with van der Waals surface area (Å²) in [4.78, 5) is 0. The maximum absolute atomic E-state index is 12.0. The van der Waals surface area contributed by atoms with Crippen LogP contribution in [0.5, 0.6) is 0 Å². The van der Waals surface area contributed by atoms with Gasteiger partial charge in [0.15, 0.2) is 0 Å². The van der Waals surface area contributed by atoms with Gasteiger partial charge in [0.25, 0.3) is 0 Å². The molecule has 1 unspecified atom stereocenters. The van der Waals surface area contributed by atoms with Crippen LogP contribution in [0.4, 0.5) is 0 Å². The number of nitrogens with zero attached hydrogens (tertiary/aromatic N) is 1. The molecule has 1 heterocycles. The van der Waals surface area contributed by atoms with Crippen LogP contribution in [0.15, 0.2) is 0 Å². The highest BCUT2D eigenvalue weighted by molar-refractivity contribution is 7.89. The average Bonchev–Trinajstić information content (AvgIpc) is 2.27. The Kier molecular flexibility index (Phi) is 7.50. The van der Waals surface area contributed by atoms with Crippen molar-refractivity contribution in [3.05, 3.63) is 0 Å². The van der Waals surface area contributed by atoms with E-state index in [1.54, 1.807) is 7.05 Å². The van der Waals surface area contributed by atoms with Crippen LogP contribution < -0.4 is 5.32 Å². The summed E-state index contributed by atoms with van der Waals surface area (Å²) in [6, 6.07) is 0. The van der Waals surface area contributed by atoms with E-state index >= 15 is 0 Å². The third-order valence-corrected chi connectivity index (χ3v) is 4.92. The molecular formula is C9H21ClN2O3S. The van der Waals surface area contributed by atoms with Gasteiger partial charge in [-0.15, -0.1) is 12.4 Å². The second kappa shape index (κ2) is 7.45. The molecule has 0 aromatic carbocycles. The highest BCUT2D eigenvalue weighted by Crippen LogP contribution is 2.17. The molecule has 1 N–H and O–H groups in total. The molecule has 16 heavy (non-hydrogen) atoms. The highest BCUT2D eigenvalue weighted by Gasteiger charge is 2.31. The van der Waals surface area contributed by atoms with Gasteiger partial charge in [0.2, 0.25) is 10.0 Å². The molecule has 98 valence electrons. The Bertz CT molecular complexity index is 278. The van der Waals surface area contributed by atoms with Crippen LogP contribution >= 0.6 is 12.4 Å². The molecule has 0 radical (unpaired) electrons. The summed E-state index contributed by atoms with van der Waals surface area (Å²) in [7, 11) is 0.270. The highest BCUT2D eigenvalue weighted by atomic mass is 35.5. The van der Waals surface area contributed by atoms with Gasteiger partial charge in [-0.25, -0.2) is 12.7 Å². The summed E-state index contributed by atoms with van der Waals surface area (Å²) >= 11 is 0. The van der Waals surface area contributed by atoms with Crippen LogP contribution in [0.2, 0.25) is 0 Å². The lowest BCUT2D eigenvalue weighted by Gasteiger charge is -2.27. The zero-order valence-electron chi connectivity index (χ0n) is 9.81. The van der Waals surface area contributed by atoms with E-state index in [2.05, 4.69) is 5.32 Å². The van der Waals surface area contributed by atoms with Gasteiger partial charge >= 0.3 is 0 Å². The standard InChI is InChI=1S/C9H20N2O3S.ClH/c1-10-5-6-11(2)15(12,13)9-4-3-7-14-8-9;/h9-10H,3-8H2,1-2H3;1H. The number of likely N-dealkylation sites (N-methyl/N-ethyl adjacent to an activating group) is 2. The van der Waals surface area contributed by atoms with E-state index in [9.17, 15) is 8.42 Å². The Labute approximate surface area is 104 Å². The van der Waals surface area contributed by atoms with Gasteiger partial charge in [-0.2, -0.15) is 0 Å². The fourth-order valence-corrected chi connectivity index (χ4v) is 3.18. The van der Waals surface area contributed by atoms with Crippen LogP contribution in [0.1, 0.15) is 12.8 Å².